The number of rotatable bonds is 3. The summed E-state index contributed by atoms with van der Waals surface area (Å²) < 4.78 is 4.98. The van der Waals surface area contributed by atoms with Gasteiger partial charge in [0.05, 0.1) is 23.6 Å². The van der Waals surface area contributed by atoms with Crippen molar-refractivity contribution in [3.8, 4) is 0 Å². The van der Waals surface area contributed by atoms with Gasteiger partial charge in [-0.25, -0.2) is 4.79 Å². The minimum atomic E-state index is -0.415. The summed E-state index contributed by atoms with van der Waals surface area (Å²) in [6.07, 6.45) is 4.98. The van der Waals surface area contributed by atoms with Crippen molar-refractivity contribution < 1.29 is 14.5 Å². The minimum Gasteiger partial charge on any atom is -0.465 e. The van der Waals surface area contributed by atoms with E-state index in [2.05, 4.69) is 17.5 Å². The molecule has 6 nitrogen and oxygen atoms in total. The number of halogens is 1. The smallest absolute Gasteiger partial charge is 0.338 e. The van der Waals surface area contributed by atoms with Gasteiger partial charge in [-0.1, -0.05) is 29.8 Å². The van der Waals surface area contributed by atoms with E-state index < -0.39 is 4.92 Å². The fourth-order valence-corrected chi connectivity index (χ4v) is 4.57. The maximum absolute atomic E-state index is 12.3. The fourth-order valence-electron chi connectivity index (χ4n) is 4.33. The second-order valence-corrected chi connectivity index (χ2v) is 7.56. The number of nitro groups is 1. The Labute approximate surface area is 167 Å². The predicted molar refractivity (Wildman–Crippen MR) is 107 cm³/mol. The molecule has 144 valence electrons. The number of non-ortho nitro benzene ring substituents is 1. The fraction of sp³-hybridized carbons (Fsp3) is 0.286. The molecule has 0 spiro atoms. The zero-order valence-corrected chi connectivity index (χ0v) is 16.2. The van der Waals surface area contributed by atoms with E-state index in [0.717, 1.165) is 23.2 Å². The molecular formula is C21H19ClN2O4. The second kappa shape index (κ2) is 6.95. The Morgan fingerprint density at radius 3 is 2.82 bits per heavy atom. The van der Waals surface area contributed by atoms with Crippen LogP contribution in [0.5, 0.6) is 0 Å². The highest BCUT2D eigenvalue weighted by Gasteiger charge is 2.41. The maximum atomic E-state index is 12.3. The zero-order valence-electron chi connectivity index (χ0n) is 15.4. The Bertz CT molecular complexity index is 1020. The van der Waals surface area contributed by atoms with Gasteiger partial charge in [-0.15, -0.1) is 0 Å². The van der Waals surface area contributed by atoms with Crippen LogP contribution in [0.15, 0.2) is 42.5 Å². The molecule has 3 atom stereocenters. The quantitative estimate of drug-likeness (QED) is 0.334. The molecule has 7 heteroatoms. The predicted octanol–water partition coefficient (Wildman–Crippen LogP) is 5.17. The van der Waals surface area contributed by atoms with Crippen molar-refractivity contribution in [2.75, 3.05) is 12.4 Å². The number of hydrogen-bond donors (Lipinski definition) is 1. The first-order valence-corrected chi connectivity index (χ1v) is 9.39. The first-order chi connectivity index (χ1) is 13.4. The Balaban J connectivity index is 1.88. The van der Waals surface area contributed by atoms with Gasteiger partial charge in [0.25, 0.3) is 5.69 Å². The number of hydrogen-bond acceptors (Lipinski definition) is 5. The number of nitrogens with one attached hydrogen (secondary N) is 1. The van der Waals surface area contributed by atoms with E-state index >= 15 is 0 Å². The van der Waals surface area contributed by atoms with Crippen LogP contribution in [0.1, 0.15) is 45.4 Å². The normalized spacial score (nSPS) is 22.2. The van der Waals surface area contributed by atoms with E-state index in [1.165, 1.54) is 13.2 Å². The summed E-state index contributed by atoms with van der Waals surface area (Å²) in [4.78, 5) is 23.2. The highest BCUT2D eigenvalue weighted by Crippen LogP contribution is 2.52. The molecule has 0 radical (unpaired) electrons. The Morgan fingerprint density at radius 2 is 2.11 bits per heavy atom. The number of esters is 1. The first-order valence-electron chi connectivity index (χ1n) is 9.01. The van der Waals surface area contributed by atoms with Crippen molar-refractivity contribution >= 4 is 28.9 Å². The van der Waals surface area contributed by atoms with Crippen LogP contribution in [0.4, 0.5) is 11.4 Å². The van der Waals surface area contributed by atoms with E-state index in [1.54, 1.807) is 18.2 Å². The van der Waals surface area contributed by atoms with Gasteiger partial charge in [-0.2, -0.15) is 0 Å². The monoisotopic (exact) mass is 398 g/mol. The lowest BCUT2D eigenvalue weighted by atomic mass is 9.74. The van der Waals surface area contributed by atoms with Crippen LogP contribution in [-0.4, -0.2) is 18.0 Å². The number of carbonyl (C=O) groups is 1. The van der Waals surface area contributed by atoms with Gasteiger partial charge in [0.2, 0.25) is 0 Å². The highest BCUT2D eigenvalue weighted by molar-refractivity contribution is 6.31. The summed E-state index contributed by atoms with van der Waals surface area (Å²) in [5.41, 5.74) is 4.03. The van der Waals surface area contributed by atoms with Crippen molar-refractivity contribution in [2.45, 2.75) is 25.3 Å². The molecule has 0 unspecified atom stereocenters. The lowest BCUT2D eigenvalue weighted by Crippen LogP contribution is -2.31. The lowest BCUT2D eigenvalue weighted by Gasteiger charge is -2.39. The van der Waals surface area contributed by atoms with E-state index in [1.807, 2.05) is 13.0 Å². The molecule has 2 aromatic carbocycles. The molecule has 0 saturated carbocycles. The van der Waals surface area contributed by atoms with Gasteiger partial charge >= 0.3 is 5.97 Å². The summed E-state index contributed by atoms with van der Waals surface area (Å²) in [6.45, 7) is 1.97. The number of ether oxygens (including phenoxy) is 1. The van der Waals surface area contributed by atoms with Crippen LogP contribution in [0.2, 0.25) is 5.02 Å². The Morgan fingerprint density at radius 1 is 1.32 bits per heavy atom. The molecule has 0 fully saturated rings. The molecule has 28 heavy (non-hydrogen) atoms. The van der Waals surface area contributed by atoms with Crippen LogP contribution in [0, 0.1) is 23.0 Å². The van der Waals surface area contributed by atoms with Crippen LogP contribution in [-0.2, 0) is 4.74 Å². The summed E-state index contributed by atoms with van der Waals surface area (Å²) >= 11 is 6.44. The van der Waals surface area contributed by atoms with E-state index in [0.29, 0.717) is 16.1 Å². The summed E-state index contributed by atoms with van der Waals surface area (Å²) in [5, 5.41) is 15.3. The number of aryl methyl sites for hydroxylation is 1. The van der Waals surface area contributed by atoms with Crippen LogP contribution in [0.25, 0.3) is 0 Å². The molecule has 4 rings (SSSR count). The number of nitro benzene ring substituents is 1. The molecule has 1 N–H and O–H groups in total. The zero-order chi connectivity index (χ0) is 20.0. The SMILES string of the molecule is COC(=O)c1ccc(C)c2c1[C@@H]1C=CC[C@H]1[C@H](c1cc([N+](=O)[O-])ccc1Cl)N2. The highest BCUT2D eigenvalue weighted by atomic mass is 35.5. The van der Waals surface area contributed by atoms with Gasteiger partial charge in [-0.05, 0) is 42.5 Å². The molecule has 2 aliphatic rings. The average Bonchev–Trinajstić information content (AvgIpc) is 3.17. The van der Waals surface area contributed by atoms with Crippen LogP contribution < -0.4 is 5.32 Å². The lowest BCUT2D eigenvalue weighted by molar-refractivity contribution is -0.384. The van der Waals surface area contributed by atoms with Crippen molar-refractivity contribution in [3.63, 3.8) is 0 Å². The third-order valence-corrected chi connectivity index (χ3v) is 6.00. The van der Waals surface area contributed by atoms with Gasteiger partial charge < -0.3 is 10.1 Å². The molecule has 1 aliphatic carbocycles. The van der Waals surface area contributed by atoms with Gasteiger partial charge in [-0.3, -0.25) is 10.1 Å². The van der Waals surface area contributed by atoms with E-state index in [4.69, 9.17) is 16.3 Å². The Hall–Kier alpha value is -2.86. The molecule has 1 heterocycles. The average molecular weight is 399 g/mol. The van der Waals surface area contributed by atoms with E-state index in [9.17, 15) is 14.9 Å². The number of carbonyl (C=O) groups excluding carboxylic acids is 1. The Kier molecular flexibility index (Phi) is 4.59. The van der Waals surface area contributed by atoms with Crippen molar-refractivity contribution in [1.29, 1.82) is 0 Å². The second-order valence-electron chi connectivity index (χ2n) is 7.15. The molecule has 2 aromatic rings. The van der Waals surface area contributed by atoms with Gasteiger partial charge in [0.15, 0.2) is 0 Å². The van der Waals surface area contributed by atoms with Crippen LogP contribution in [0.3, 0.4) is 0 Å². The number of fused-ring (bicyclic) bond motifs is 3. The maximum Gasteiger partial charge on any atom is 0.338 e. The number of anilines is 1. The number of methoxy groups -OCH3 is 1. The molecule has 0 bridgehead atoms. The summed E-state index contributed by atoms with van der Waals surface area (Å²) in [5.74, 6) is -0.272. The number of nitrogens with zero attached hydrogens (tertiary/aromatic N) is 1. The topological polar surface area (TPSA) is 81.5 Å². The molecule has 0 amide bonds. The van der Waals surface area contributed by atoms with Crippen molar-refractivity contribution in [3.05, 3.63) is 79.9 Å². The summed E-state index contributed by atoms with van der Waals surface area (Å²) in [6, 6.07) is 8.00. The molecule has 1 aliphatic heterocycles. The van der Waals surface area contributed by atoms with Gasteiger partial charge in [0, 0.05) is 34.3 Å². The van der Waals surface area contributed by atoms with Crippen LogP contribution >= 0.6 is 11.6 Å². The first kappa shape index (κ1) is 18.5. The largest absolute Gasteiger partial charge is 0.465 e. The molecule has 0 aromatic heterocycles. The molecule has 0 saturated heterocycles. The van der Waals surface area contributed by atoms with Crippen molar-refractivity contribution in [2.24, 2.45) is 5.92 Å². The third kappa shape index (κ3) is 2.85. The van der Waals surface area contributed by atoms with E-state index in [-0.39, 0.29) is 29.5 Å². The van der Waals surface area contributed by atoms with Gasteiger partial charge in [0.1, 0.15) is 0 Å². The number of allylic oxidation sites excluding steroid dienone is 2. The van der Waals surface area contributed by atoms with Crippen molar-refractivity contribution in [1.82, 2.24) is 0 Å². The summed E-state index contributed by atoms with van der Waals surface area (Å²) in [7, 11) is 1.37. The third-order valence-electron chi connectivity index (χ3n) is 5.66. The minimum absolute atomic E-state index is 0.00517. The number of benzene rings is 2. The standard InChI is InChI=1S/C21H19ClN2O4/c1-11-6-8-15(21(25)28-2)18-13-4-3-5-14(13)20(23-19(11)18)16-10-12(24(26)27)7-9-17(16)22/h3-4,6-10,13-14,20,23H,5H2,1-2H3/t13-,14-,20-/m1/s1. The molecular weight excluding hydrogens is 380 g/mol.